The van der Waals surface area contributed by atoms with Crippen LogP contribution in [0.4, 0.5) is 0 Å². The van der Waals surface area contributed by atoms with E-state index in [1.807, 2.05) is 18.4 Å². The molecule has 0 amide bonds. The molecule has 0 aliphatic carbocycles. The van der Waals surface area contributed by atoms with Crippen LogP contribution in [0, 0.1) is 0 Å². The fourth-order valence-electron chi connectivity index (χ4n) is 1.50. The zero-order valence-electron chi connectivity index (χ0n) is 13.5. The summed E-state index contributed by atoms with van der Waals surface area (Å²) in [5, 5.41) is 10.3. The number of nitrogens with zero attached hydrogens (tertiary/aromatic N) is 1. The first-order valence-electron chi connectivity index (χ1n) is 7.02. The summed E-state index contributed by atoms with van der Waals surface area (Å²) in [5.41, 5.74) is 1.15. The predicted molar refractivity (Wildman–Crippen MR) is 106 cm³/mol. The fourth-order valence-corrected chi connectivity index (χ4v) is 3.15. The van der Waals surface area contributed by atoms with Crippen LogP contribution < -0.4 is 10.6 Å². The Morgan fingerprint density at radius 3 is 2.50 bits per heavy atom. The van der Waals surface area contributed by atoms with E-state index >= 15 is 0 Å². The molecule has 2 N–H and O–H groups in total. The molecule has 128 valence electrons. The topological polar surface area (TPSA) is 70.6 Å². The first kappa shape index (κ1) is 21.6. The van der Waals surface area contributed by atoms with Gasteiger partial charge in [0.25, 0.3) is 0 Å². The lowest BCUT2D eigenvalue weighted by molar-refractivity contribution is 0.559. The van der Waals surface area contributed by atoms with Crippen molar-refractivity contribution in [1.29, 1.82) is 0 Å². The number of thiophene rings is 1. The van der Waals surface area contributed by atoms with Crippen LogP contribution in [0.25, 0.3) is 0 Å². The lowest BCUT2D eigenvalue weighted by Gasteiger charge is -2.19. The highest BCUT2D eigenvalue weighted by Crippen LogP contribution is 2.15. The van der Waals surface area contributed by atoms with Crippen molar-refractivity contribution >= 4 is 51.1 Å². The number of hydrogen-bond acceptors (Lipinski definition) is 4. The highest BCUT2D eigenvalue weighted by Gasteiger charge is 2.28. The summed E-state index contributed by atoms with van der Waals surface area (Å²) in [6, 6.07) is 2.03. The van der Waals surface area contributed by atoms with Crippen molar-refractivity contribution in [3.05, 3.63) is 22.4 Å². The van der Waals surface area contributed by atoms with E-state index in [0.29, 0.717) is 19.0 Å². The second kappa shape index (κ2) is 9.71. The van der Waals surface area contributed by atoms with Crippen molar-refractivity contribution in [2.75, 3.05) is 18.8 Å². The minimum absolute atomic E-state index is 0. The minimum atomic E-state index is -3.11. The summed E-state index contributed by atoms with van der Waals surface area (Å²) in [7, 11) is -3.11. The molecule has 0 saturated carbocycles. The molecule has 0 fully saturated rings. The second-order valence-electron chi connectivity index (χ2n) is 5.68. The number of hydrogen-bond donors (Lipinski definition) is 2. The van der Waals surface area contributed by atoms with Gasteiger partial charge in [-0.25, -0.2) is 13.4 Å². The zero-order chi connectivity index (χ0) is 15.9. The van der Waals surface area contributed by atoms with Crippen LogP contribution in [0.1, 0.15) is 33.3 Å². The first-order chi connectivity index (χ1) is 9.76. The van der Waals surface area contributed by atoms with E-state index < -0.39 is 14.6 Å². The van der Waals surface area contributed by atoms with Crippen molar-refractivity contribution in [2.45, 2.75) is 39.0 Å². The van der Waals surface area contributed by atoms with Crippen molar-refractivity contribution in [2.24, 2.45) is 4.99 Å². The Morgan fingerprint density at radius 2 is 2.00 bits per heavy atom. The molecular weight excluding hydrogens is 433 g/mol. The van der Waals surface area contributed by atoms with Crippen molar-refractivity contribution in [3.8, 4) is 0 Å². The average molecular weight is 459 g/mol. The quantitative estimate of drug-likeness (QED) is 0.390. The molecule has 0 atom stereocenters. The highest BCUT2D eigenvalue weighted by molar-refractivity contribution is 14.0. The van der Waals surface area contributed by atoms with Gasteiger partial charge >= 0.3 is 0 Å². The first-order valence-corrected chi connectivity index (χ1v) is 9.61. The summed E-state index contributed by atoms with van der Waals surface area (Å²) in [6.07, 6.45) is 0. The maximum absolute atomic E-state index is 12.0. The zero-order valence-corrected chi connectivity index (χ0v) is 17.5. The molecule has 0 aromatic carbocycles. The van der Waals surface area contributed by atoms with E-state index in [4.69, 9.17) is 0 Å². The minimum Gasteiger partial charge on any atom is -0.357 e. The molecule has 1 aromatic rings. The number of guanidine groups is 1. The predicted octanol–water partition coefficient (Wildman–Crippen LogP) is 2.63. The van der Waals surface area contributed by atoms with Gasteiger partial charge in [-0.2, -0.15) is 11.3 Å². The van der Waals surface area contributed by atoms with Crippen LogP contribution in [-0.2, 0) is 16.4 Å². The molecule has 1 aromatic heterocycles. The molecule has 8 heteroatoms. The normalized spacial score (nSPS) is 12.6. The standard InChI is InChI=1S/C14H25N3O2S2.HI/c1-5-15-13(17-10-12-6-8-20-11-12)16-7-9-21(18,19)14(2,3)4;/h6,8,11H,5,7,9-10H2,1-4H3,(H2,15,16,17);1H. The van der Waals surface area contributed by atoms with Crippen LogP contribution in [0.2, 0.25) is 0 Å². The van der Waals surface area contributed by atoms with Gasteiger partial charge in [0.2, 0.25) is 0 Å². The van der Waals surface area contributed by atoms with Crippen LogP contribution >= 0.6 is 35.3 Å². The average Bonchev–Trinajstić information content (AvgIpc) is 2.87. The van der Waals surface area contributed by atoms with Crippen LogP contribution in [-0.4, -0.2) is 38.0 Å². The molecule has 0 radical (unpaired) electrons. The Hall–Kier alpha value is -0.350. The smallest absolute Gasteiger partial charge is 0.191 e. The maximum atomic E-state index is 12.0. The van der Waals surface area contributed by atoms with Crippen LogP contribution in [0.15, 0.2) is 21.8 Å². The van der Waals surface area contributed by atoms with Gasteiger partial charge in [0, 0.05) is 13.1 Å². The van der Waals surface area contributed by atoms with E-state index in [1.165, 1.54) is 0 Å². The summed E-state index contributed by atoms with van der Waals surface area (Å²) < 4.78 is 23.4. The molecule has 0 unspecified atom stereocenters. The van der Waals surface area contributed by atoms with Gasteiger partial charge < -0.3 is 10.6 Å². The summed E-state index contributed by atoms with van der Waals surface area (Å²) >= 11 is 1.64. The van der Waals surface area contributed by atoms with Gasteiger partial charge in [-0.1, -0.05) is 0 Å². The Kier molecular flexibility index (Phi) is 9.56. The summed E-state index contributed by atoms with van der Waals surface area (Å²) in [4.78, 5) is 4.44. The SMILES string of the molecule is CCNC(=NCc1ccsc1)NCCS(=O)(=O)C(C)(C)C.I. The third-order valence-corrected chi connectivity index (χ3v) is 6.28. The van der Waals surface area contributed by atoms with Crippen molar-refractivity contribution < 1.29 is 8.42 Å². The molecule has 0 aliphatic rings. The highest BCUT2D eigenvalue weighted by atomic mass is 127. The molecule has 1 heterocycles. The lowest BCUT2D eigenvalue weighted by atomic mass is 10.3. The summed E-state index contributed by atoms with van der Waals surface area (Å²) in [6.45, 7) is 8.82. The number of nitrogens with one attached hydrogen (secondary N) is 2. The molecule has 5 nitrogen and oxygen atoms in total. The van der Waals surface area contributed by atoms with Gasteiger partial charge in [0.1, 0.15) is 0 Å². The number of halogens is 1. The molecule has 0 bridgehead atoms. The molecular formula is C14H26IN3O2S2. The molecule has 0 aliphatic heterocycles. The van der Waals surface area contributed by atoms with E-state index in [9.17, 15) is 8.42 Å². The fraction of sp³-hybridized carbons (Fsp3) is 0.643. The summed E-state index contributed by atoms with van der Waals surface area (Å²) in [5.74, 6) is 0.743. The van der Waals surface area contributed by atoms with Gasteiger partial charge in [-0.05, 0) is 50.1 Å². The number of rotatable bonds is 6. The monoisotopic (exact) mass is 459 g/mol. The number of sulfone groups is 1. The maximum Gasteiger partial charge on any atom is 0.191 e. The Bertz CT molecular complexity index is 549. The van der Waals surface area contributed by atoms with E-state index in [0.717, 1.165) is 12.1 Å². The van der Waals surface area contributed by atoms with E-state index in [1.54, 1.807) is 32.1 Å². The van der Waals surface area contributed by atoms with Crippen LogP contribution in [0.5, 0.6) is 0 Å². The largest absolute Gasteiger partial charge is 0.357 e. The molecule has 0 saturated heterocycles. The van der Waals surface area contributed by atoms with Crippen LogP contribution in [0.3, 0.4) is 0 Å². The molecule has 1 rings (SSSR count). The van der Waals surface area contributed by atoms with Crippen molar-refractivity contribution in [1.82, 2.24) is 10.6 Å². The van der Waals surface area contributed by atoms with Gasteiger partial charge in [-0.3, -0.25) is 0 Å². The van der Waals surface area contributed by atoms with Gasteiger partial charge in [-0.15, -0.1) is 24.0 Å². The Balaban J connectivity index is 0.00000441. The van der Waals surface area contributed by atoms with Gasteiger partial charge in [0.15, 0.2) is 15.8 Å². The lowest BCUT2D eigenvalue weighted by Crippen LogP contribution is -2.41. The van der Waals surface area contributed by atoms with E-state index in [-0.39, 0.29) is 29.7 Å². The Labute approximate surface area is 154 Å². The molecule has 22 heavy (non-hydrogen) atoms. The van der Waals surface area contributed by atoms with Gasteiger partial charge in [0.05, 0.1) is 17.0 Å². The Morgan fingerprint density at radius 1 is 1.32 bits per heavy atom. The third-order valence-electron chi connectivity index (χ3n) is 2.94. The van der Waals surface area contributed by atoms with Crippen molar-refractivity contribution in [3.63, 3.8) is 0 Å². The third kappa shape index (κ3) is 7.28. The molecule has 0 spiro atoms. The van der Waals surface area contributed by atoms with E-state index in [2.05, 4.69) is 21.0 Å². The number of aliphatic imine (C=N–C) groups is 1. The second-order valence-corrected chi connectivity index (χ2v) is 9.33.